The van der Waals surface area contributed by atoms with Crippen LogP contribution in [0.25, 0.3) is 22.1 Å². The normalized spacial score (nSPS) is 15.9. The highest BCUT2D eigenvalue weighted by molar-refractivity contribution is 6.09. The Morgan fingerprint density at radius 3 is 2.39 bits per heavy atom. The number of alkyl halides is 3. The lowest BCUT2D eigenvalue weighted by molar-refractivity contribution is -0.128. The molecule has 6 rings (SSSR count). The van der Waals surface area contributed by atoms with Crippen molar-refractivity contribution >= 4 is 34.1 Å². The molecule has 0 radical (unpaired) electrons. The molecule has 0 unspecified atom stereocenters. The van der Waals surface area contributed by atoms with Crippen molar-refractivity contribution in [3.8, 4) is 24.0 Å². The monoisotopic (exact) mass is 602 g/mol. The summed E-state index contributed by atoms with van der Waals surface area (Å²) in [6.07, 6.45) is 4.71. The molecule has 3 aromatic carbocycles. The van der Waals surface area contributed by atoms with Gasteiger partial charge in [-0.3, -0.25) is 14.7 Å². The van der Waals surface area contributed by atoms with Crippen LogP contribution in [0.15, 0.2) is 82.5 Å². The zero-order valence-corrected chi connectivity index (χ0v) is 24.1. The van der Waals surface area contributed by atoms with Crippen LogP contribution in [0.3, 0.4) is 0 Å². The molecule has 0 atom stereocenters. The summed E-state index contributed by atoms with van der Waals surface area (Å²) in [5.41, 5.74) is 10.2. The number of hydrogen-bond donors (Lipinski definition) is 2. The molecule has 11 heteroatoms. The van der Waals surface area contributed by atoms with E-state index in [1.165, 1.54) is 23.3 Å². The summed E-state index contributed by atoms with van der Waals surface area (Å²) in [7, 11) is 0. The number of fused-ring (bicyclic) bond motifs is 1. The maximum absolute atomic E-state index is 13.8. The molecule has 1 aromatic heterocycles. The summed E-state index contributed by atoms with van der Waals surface area (Å²) in [5.74, 6) is 5.87. The number of nitrogens with zero attached hydrogens (tertiary/aromatic N) is 4. The predicted molar refractivity (Wildman–Crippen MR) is 166 cm³/mol. The number of likely N-dealkylation sites (tertiary alicyclic amines) is 1. The van der Waals surface area contributed by atoms with E-state index in [0.717, 1.165) is 35.8 Å². The molecule has 0 aliphatic carbocycles. The third kappa shape index (κ3) is 6.41. The number of terminal acetylenes is 1. The van der Waals surface area contributed by atoms with E-state index < -0.39 is 18.5 Å². The second-order valence-electron chi connectivity index (χ2n) is 10.8. The number of amides is 1. The van der Waals surface area contributed by atoms with Gasteiger partial charge < -0.3 is 15.2 Å². The van der Waals surface area contributed by atoms with E-state index in [2.05, 4.69) is 35.0 Å². The van der Waals surface area contributed by atoms with Gasteiger partial charge in [0.05, 0.1) is 17.5 Å². The Hall–Kier alpha value is -4.79. The molecule has 4 N–H and O–H groups in total. The molecule has 3 heterocycles. The molecule has 1 saturated heterocycles. The molecule has 4 aromatic rings. The molecular formula is C33H33F3N6O2. The van der Waals surface area contributed by atoms with Gasteiger partial charge in [-0.2, -0.15) is 13.2 Å². The minimum absolute atomic E-state index is 0.0202. The SMILES string of the molecule is C#C.Nc1noc2ccc(N(N)C3=C(CC(F)(F)F)CCN(c4ccc(-c5ccccc5CN5CCCC5)cc4)C3=O)cc12. The summed E-state index contributed by atoms with van der Waals surface area (Å²) in [5, 5.41) is 5.15. The third-order valence-electron chi connectivity index (χ3n) is 7.93. The van der Waals surface area contributed by atoms with Gasteiger partial charge in [0, 0.05) is 18.8 Å². The number of rotatable bonds is 7. The Kier molecular flexibility index (Phi) is 8.94. The number of carbonyl (C=O) groups is 1. The van der Waals surface area contributed by atoms with E-state index in [9.17, 15) is 18.0 Å². The smallest absolute Gasteiger partial charge is 0.380 e. The summed E-state index contributed by atoms with van der Waals surface area (Å²) < 4.78 is 45.8. The fraction of sp³-hybridized carbons (Fsp3) is 0.273. The lowest BCUT2D eigenvalue weighted by Gasteiger charge is -2.35. The van der Waals surface area contributed by atoms with Crippen LogP contribution in [0.5, 0.6) is 0 Å². The first kappa shape index (κ1) is 30.7. The van der Waals surface area contributed by atoms with Crippen molar-refractivity contribution in [2.75, 3.05) is 35.3 Å². The van der Waals surface area contributed by atoms with E-state index in [1.807, 2.05) is 36.4 Å². The molecule has 2 aliphatic rings. The number of nitrogens with two attached hydrogens (primary N) is 2. The maximum atomic E-state index is 13.8. The standard InChI is InChI=1S/C31H31F3N6O2.C2H2/c32-31(33,34)18-21-13-16-39(30(41)28(21)40(36)24-11-12-27-26(17-24)29(35)37-42-27)23-9-7-20(8-10-23)25-6-2-1-5-22(25)19-38-14-3-4-15-38;1-2/h1-2,5-12,17H,3-4,13-16,18-19,36H2,(H2,35,37);1-2H. The minimum Gasteiger partial charge on any atom is -0.380 e. The van der Waals surface area contributed by atoms with E-state index in [-0.39, 0.29) is 35.7 Å². The average molecular weight is 603 g/mol. The highest BCUT2D eigenvalue weighted by Crippen LogP contribution is 2.37. The summed E-state index contributed by atoms with van der Waals surface area (Å²) in [4.78, 5) is 17.8. The van der Waals surface area contributed by atoms with Crippen molar-refractivity contribution in [1.82, 2.24) is 10.1 Å². The molecule has 0 bridgehead atoms. The van der Waals surface area contributed by atoms with Crippen LogP contribution in [0.1, 0.15) is 31.2 Å². The molecule has 8 nitrogen and oxygen atoms in total. The largest absolute Gasteiger partial charge is 0.392 e. The summed E-state index contributed by atoms with van der Waals surface area (Å²) >= 11 is 0. The van der Waals surface area contributed by atoms with Crippen LogP contribution in [0, 0.1) is 12.8 Å². The van der Waals surface area contributed by atoms with Crippen molar-refractivity contribution in [3.05, 3.63) is 83.6 Å². The molecule has 1 fully saturated rings. The van der Waals surface area contributed by atoms with Crippen molar-refractivity contribution in [2.24, 2.45) is 5.84 Å². The minimum atomic E-state index is -4.50. The number of halogens is 3. The van der Waals surface area contributed by atoms with Gasteiger partial charge in [0.25, 0.3) is 5.91 Å². The molecule has 1 amide bonds. The Labute approximate surface area is 253 Å². The number of aromatic nitrogens is 1. The third-order valence-corrected chi connectivity index (χ3v) is 7.93. The van der Waals surface area contributed by atoms with E-state index >= 15 is 0 Å². The van der Waals surface area contributed by atoms with Gasteiger partial charge in [-0.1, -0.05) is 41.6 Å². The van der Waals surface area contributed by atoms with Crippen molar-refractivity contribution in [1.29, 1.82) is 0 Å². The topological polar surface area (TPSA) is 105 Å². The Balaban J connectivity index is 0.00000188. The van der Waals surface area contributed by atoms with Crippen LogP contribution in [0.4, 0.5) is 30.4 Å². The van der Waals surface area contributed by atoms with Gasteiger partial charge in [-0.25, -0.2) is 5.84 Å². The molecule has 228 valence electrons. The van der Waals surface area contributed by atoms with Gasteiger partial charge in [-0.05, 0) is 84.9 Å². The first-order valence-corrected chi connectivity index (χ1v) is 14.2. The van der Waals surface area contributed by atoms with Crippen LogP contribution in [0.2, 0.25) is 0 Å². The number of carbonyl (C=O) groups excluding carboxylic acids is 1. The fourth-order valence-electron chi connectivity index (χ4n) is 5.85. The quantitative estimate of drug-likeness (QED) is 0.146. The second-order valence-corrected chi connectivity index (χ2v) is 10.8. The number of benzene rings is 3. The number of hydrazine groups is 1. The maximum Gasteiger partial charge on any atom is 0.392 e. The van der Waals surface area contributed by atoms with Crippen LogP contribution in [-0.2, 0) is 11.3 Å². The average Bonchev–Trinajstić information content (AvgIpc) is 3.67. The van der Waals surface area contributed by atoms with Crippen LogP contribution < -0.4 is 21.5 Å². The number of anilines is 3. The van der Waals surface area contributed by atoms with Gasteiger partial charge in [0.2, 0.25) is 0 Å². The number of hydrogen-bond acceptors (Lipinski definition) is 7. The zero-order valence-electron chi connectivity index (χ0n) is 24.1. The summed E-state index contributed by atoms with van der Waals surface area (Å²) in [6, 6.07) is 20.5. The predicted octanol–water partition coefficient (Wildman–Crippen LogP) is 6.25. The van der Waals surface area contributed by atoms with Crippen LogP contribution in [-0.4, -0.2) is 41.8 Å². The van der Waals surface area contributed by atoms with E-state index in [0.29, 0.717) is 16.7 Å². The van der Waals surface area contributed by atoms with Gasteiger partial charge in [0.15, 0.2) is 11.4 Å². The number of nitrogen functional groups attached to an aromatic ring is 1. The highest BCUT2D eigenvalue weighted by Gasteiger charge is 2.37. The molecule has 44 heavy (non-hydrogen) atoms. The first-order chi connectivity index (χ1) is 21.2. The lowest BCUT2D eigenvalue weighted by atomic mass is 9.97. The zero-order chi connectivity index (χ0) is 31.4. The Morgan fingerprint density at radius 2 is 1.68 bits per heavy atom. The highest BCUT2D eigenvalue weighted by atomic mass is 19.4. The van der Waals surface area contributed by atoms with E-state index in [4.69, 9.17) is 16.1 Å². The van der Waals surface area contributed by atoms with Crippen molar-refractivity contribution in [2.45, 2.75) is 38.4 Å². The van der Waals surface area contributed by atoms with Gasteiger partial charge in [0.1, 0.15) is 5.70 Å². The van der Waals surface area contributed by atoms with Crippen molar-refractivity contribution in [3.63, 3.8) is 0 Å². The molecular weight excluding hydrogens is 569 g/mol. The van der Waals surface area contributed by atoms with E-state index in [1.54, 1.807) is 18.2 Å². The first-order valence-electron chi connectivity index (χ1n) is 14.2. The van der Waals surface area contributed by atoms with Gasteiger partial charge >= 0.3 is 6.18 Å². The molecule has 2 aliphatic heterocycles. The van der Waals surface area contributed by atoms with Crippen molar-refractivity contribution < 1.29 is 22.5 Å². The summed E-state index contributed by atoms with van der Waals surface area (Å²) in [6.45, 7) is 3.16. The molecule has 0 spiro atoms. The lowest BCUT2D eigenvalue weighted by Crippen LogP contribution is -2.46. The Morgan fingerprint density at radius 1 is 0.977 bits per heavy atom. The Bertz CT molecular complexity index is 1690. The second kappa shape index (κ2) is 12.8. The molecule has 0 saturated carbocycles. The van der Waals surface area contributed by atoms with Gasteiger partial charge in [-0.15, -0.1) is 12.8 Å². The van der Waals surface area contributed by atoms with Crippen LogP contribution >= 0.6 is 0 Å². The fourth-order valence-corrected chi connectivity index (χ4v) is 5.85.